The maximum absolute atomic E-state index is 13.7. The minimum absolute atomic E-state index is 0.0784. The first-order valence-electron chi connectivity index (χ1n) is 7.94. The molecule has 1 saturated heterocycles. The third-order valence-corrected chi connectivity index (χ3v) is 4.78. The van der Waals surface area contributed by atoms with E-state index in [1.807, 2.05) is 0 Å². The van der Waals surface area contributed by atoms with Crippen LogP contribution in [0.25, 0.3) is 0 Å². The van der Waals surface area contributed by atoms with Crippen molar-refractivity contribution in [2.75, 3.05) is 13.6 Å². The summed E-state index contributed by atoms with van der Waals surface area (Å²) < 4.78 is 13.7. The van der Waals surface area contributed by atoms with Crippen LogP contribution in [0.2, 0.25) is 0 Å². The molecule has 1 aliphatic heterocycles. The number of urea groups is 1. The Balaban J connectivity index is 1.65. The van der Waals surface area contributed by atoms with Gasteiger partial charge in [0, 0.05) is 19.2 Å². The fourth-order valence-electron chi connectivity index (χ4n) is 3.02. The molecule has 1 unspecified atom stereocenters. The molecule has 6 nitrogen and oxygen atoms in total. The molecule has 0 aromatic heterocycles. The molecule has 0 radical (unpaired) electrons. The molecule has 1 aromatic rings. The highest BCUT2D eigenvalue weighted by atomic mass is 19.1. The van der Waals surface area contributed by atoms with Crippen molar-refractivity contribution in [2.24, 2.45) is 5.92 Å². The summed E-state index contributed by atoms with van der Waals surface area (Å²) in [5.41, 5.74) is -0.519. The van der Waals surface area contributed by atoms with Crippen LogP contribution in [-0.2, 0) is 16.1 Å². The number of hydrogen-bond acceptors (Lipinski definition) is 3. The summed E-state index contributed by atoms with van der Waals surface area (Å²) in [6.45, 7) is 1.45. The molecule has 1 saturated carbocycles. The van der Waals surface area contributed by atoms with Crippen molar-refractivity contribution in [3.8, 4) is 0 Å². The van der Waals surface area contributed by atoms with E-state index < -0.39 is 23.3 Å². The average molecular weight is 333 g/mol. The number of rotatable bonds is 5. The zero-order chi connectivity index (χ0) is 17.5. The minimum atomic E-state index is -0.901. The molecule has 1 aromatic carbocycles. The van der Waals surface area contributed by atoms with Gasteiger partial charge in [-0.05, 0) is 31.7 Å². The summed E-state index contributed by atoms with van der Waals surface area (Å²) in [6.07, 6.45) is 1.80. The van der Waals surface area contributed by atoms with Gasteiger partial charge in [-0.2, -0.15) is 0 Å². The molecule has 7 heteroatoms. The number of carbonyl (C=O) groups is 3. The molecule has 2 aliphatic rings. The molecule has 1 heterocycles. The number of likely N-dealkylation sites (N-methyl/N-ethyl adjacent to an activating group) is 1. The minimum Gasteiger partial charge on any atom is -0.340 e. The number of carbonyl (C=O) groups excluding carboxylic acids is 3. The maximum Gasteiger partial charge on any atom is 0.325 e. The van der Waals surface area contributed by atoms with Gasteiger partial charge >= 0.3 is 6.03 Å². The Morgan fingerprint density at radius 3 is 2.67 bits per heavy atom. The van der Waals surface area contributed by atoms with Crippen LogP contribution in [0.3, 0.4) is 0 Å². The van der Waals surface area contributed by atoms with Crippen molar-refractivity contribution >= 4 is 17.8 Å². The summed E-state index contributed by atoms with van der Waals surface area (Å²) in [6, 6.07) is 5.65. The largest absolute Gasteiger partial charge is 0.340 e. The number of imide groups is 1. The third-order valence-electron chi connectivity index (χ3n) is 4.78. The van der Waals surface area contributed by atoms with E-state index >= 15 is 0 Å². The van der Waals surface area contributed by atoms with Gasteiger partial charge in [-0.25, -0.2) is 9.18 Å². The number of amides is 4. The van der Waals surface area contributed by atoms with Crippen LogP contribution >= 0.6 is 0 Å². The first kappa shape index (κ1) is 16.4. The highest BCUT2D eigenvalue weighted by Crippen LogP contribution is 2.42. The van der Waals surface area contributed by atoms with Gasteiger partial charge in [-0.1, -0.05) is 18.2 Å². The van der Waals surface area contributed by atoms with Gasteiger partial charge in [0.25, 0.3) is 5.91 Å². The molecule has 0 spiro atoms. The predicted octanol–water partition coefficient (Wildman–Crippen LogP) is 1.50. The van der Waals surface area contributed by atoms with E-state index in [9.17, 15) is 18.8 Å². The lowest BCUT2D eigenvalue weighted by molar-refractivity contribution is -0.138. The number of nitrogens with one attached hydrogen (secondary N) is 1. The Morgan fingerprint density at radius 1 is 1.38 bits per heavy atom. The summed E-state index contributed by atoms with van der Waals surface area (Å²) in [7, 11) is 1.52. The van der Waals surface area contributed by atoms with Gasteiger partial charge in [0.2, 0.25) is 5.91 Å². The second-order valence-electron chi connectivity index (χ2n) is 6.64. The lowest BCUT2D eigenvalue weighted by Crippen LogP contribution is -2.47. The SMILES string of the molecule is CN(Cc1ccccc1F)C(=O)CN1C(=O)NC(C)(C2CC2)C1=O. The molecule has 24 heavy (non-hydrogen) atoms. The van der Waals surface area contributed by atoms with E-state index in [2.05, 4.69) is 5.32 Å². The lowest BCUT2D eigenvalue weighted by Gasteiger charge is -2.22. The lowest BCUT2D eigenvalue weighted by atomic mass is 9.96. The molecular weight excluding hydrogens is 313 g/mol. The van der Waals surface area contributed by atoms with Crippen molar-refractivity contribution in [1.82, 2.24) is 15.1 Å². The highest BCUT2D eigenvalue weighted by molar-refractivity contribution is 6.09. The van der Waals surface area contributed by atoms with Crippen LogP contribution in [0.5, 0.6) is 0 Å². The van der Waals surface area contributed by atoms with Gasteiger partial charge in [0.05, 0.1) is 0 Å². The van der Waals surface area contributed by atoms with E-state index in [0.29, 0.717) is 5.56 Å². The quantitative estimate of drug-likeness (QED) is 0.830. The molecule has 2 fully saturated rings. The summed E-state index contributed by atoms with van der Waals surface area (Å²) in [5, 5.41) is 2.70. The normalized spacial score (nSPS) is 23.4. The van der Waals surface area contributed by atoms with E-state index in [-0.39, 0.29) is 24.9 Å². The highest BCUT2D eigenvalue weighted by Gasteiger charge is 2.56. The van der Waals surface area contributed by atoms with Gasteiger partial charge in [-0.15, -0.1) is 0 Å². The Hall–Kier alpha value is -2.44. The number of nitrogens with zero attached hydrogens (tertiary/aromatic N) is 2. The van der Waals surface area contributed by atoms with Crippen molar-refractivity contribution in [2.45, 2.75) is 31.8 Å². The van der Waals surface area contributed by atoms with E-state index in [4.69, 9.17) is 0 Å². The zero-order valence-electron chi connectivity index (χ0n) is 13.7. The second kappa shape index (κ2) is 5.89. The second-order valence-corrected chi connectivity index (χ2v) is 6.64. The molecule has 1 atom stereocenters. The molecular formula is C17H20FN3O3. The van der Waals surface area contributed by atoms with Crippen molar-refractivity contribution in [3.63, 3.8) is 0 Å². The Bertz CT molecular complexity index is 704. The van der Waals surface area contributed by atoms with Crippen LogP contribution < -0.4 is 5.32 Å². The molecule has 4 amide bonds. The summed E-state index contributed by atoms with van der Waals surface area (Å²) in [4.78, 5) is 39.2. The van der Waals surface area contributed by atoms with Gasteiger partial charge < -0.3 is 10.2 Å². The van der Waals surface area contributed by atoms with Crippen molar-refractivity contribution in [1.29, 1.82) is 0 Å². The van der Waals surface area contributed by atoms with Gasteiger partial charge in [0.15, 0.2) is 0 Å². The topological polar surface area (TPSA) is 69.7 Å². The summed E-state index contributed by atoms with van der Waals surface area (Å²) in [5.74, 6) is -1.02. The third kappa shape index (κ3) is 2.86. The molecule has 128 valence electrons. The average Bonchev–Trinajstić information content (AvgIpc) is 3.35. The smallest absolute Gasteiger partial charge is 0.325 e. The van der Waals surface area contributed by atoms with Crippen LogP contribution in [0.4, 0.5) is 9.18 Å². The Labute approximate surface area is 139 Å². The van der Waals surface area contributed by atoms with Crippen LogP contribution in [-0.4, -0.2) is 46.8 Å². The van der Waals surface area contributed by atoms with Crippen LogP contribution in [0.15, 0.2) is 24.3 Å². The monoisotopic (exact) mass is 333 g/mol. The Kier molecular flexibility index (Phi) is 4.03. The molecule has 0 bridgehead atoms. The number of hydrogen-bond donors (Lipinski definition) is 1. The number of halogens is 1. The Morgan fingerprint density at radius 2 is 2.04 bits per heavy atom. The van der Waals surface area contributed by atoms with Crippen LogP contribution in [0.1, 0.15) is 25.3 Å². The van der Waals surface area contributed by atoms with Crippen LogP contribution in [0, 0.1) is 11.7 Å². The fourth-order valence-corrected chi connectivity index (χ4v) is 3.02. The predicted molar refractivity (Wildman–Crippen MR) is 84.2 cm³/mol. The van der Waals surface area contributed by atoms with Gasteiger partial charge in [-0.3, -0.25) is 14.5 Å². The molecule has 1 aliphatic carbocycles. The standard InChI is InChI=1S/C17H20FN3O3/c1-17(12-7-8-12)15(23)21(16(24)19-17)10-14(22)20(2)9-11-5-3-4-6-13(11)18/h3-6,12H,7-10H2,1-2H3,(H,19,24). The van der Waals surface area contributed by atoms with Crippen molar-refractivity contribution in [3.05, 3.63) is 35.6 Å². The van der Waals surface area contributed by atoms with E-state index in [1.54, 1.807) is 25.1 Å². The molecule has 1 N–H and O–H groups in total. The fraction of sp³-hybridized carbons (Fsp3) is 0.471. The maximum atomic E-state index is 13.7. The van der Waals surface area contributed by atoms with Crippen molar-refractivity contribution < 1.29 is 18.8 Å². The van der Waals surface area contributed by atoms with E-state index in [1.165, 1.54) is 18.0 Å². The summed E-state index contributed by atoms with van der Waals surface area (Å²) >= 11 is 0. The first-order chi connectivity index (χ1) is 11.3. The van der Waals surface area contributed by atoms with Gasteiger partial charge in [0.1, 0.15) is 17.9 Å². The zero-order valence-corrected chi connectivity index (χ0v) is 13.7. The first-order valence-corrected chi connectivity index (χ1v) is 7.94. The number of benzene rings is 1. The molecule has 3 rings (SSSR count). The van der Waals surface area contributed by atoms with E-state index in [0.717, 1.165) is 17.7 Å².